The predicted octanol–water partition coefficient (Wildman–Crippen LogP) is 2.46. The second-order valence-corrected chi connectivity index (χ2v) is 5.50. The fourth-order valence-corrected chi connectivity index (χ4v) is 2.55. The molecule has 25 heavy (non-hydrogen) atoms. The molecule has 0 saturated carbocycles. The second kappa shape index (κ2) is 6.16. The smallest absolute Gasteiger partial charge is 0.270 e. The summed E-state index contributed by atoms with van der Waals surface area (Å²) >= 11 is 0. The van der Waals surface area contributed by atoms with Crippen LogP contribution in [0.25, 0.3) is 0 Å². The highest BCUT2D eigenvalue weighted by Crippen LogP contribution is 2.26. The van der Waals surface area contributed by atoms with Gasteiger partial charge in [0.2, 0.25) is 0 Å². The summed E-state index contributed by atoms with van der Waals surface area (Å²) < 4.78 is 0. The Balaban J connectivity index is 1.79. The number of hydrogen-bond donors (Lipinski definition) is 1. The quantitative estimate of drug-likeness (QED) is 0.388. The summed E-state index contributed by atoms with van der Waals surface area (Å²) in [5.41, 5.74) is 0.982. The first-order valence-electron chi connectivity index (χ1n) is 7.38. The molecule has 2 aromatic rings. The van der Waals surface area contributed by atoms with Gasteiger partial charge >= 0.3 is 0 Å². The first-order valence-corrected chi connectivity index (χ1v) is 7.38. The number of anilines is 1. The lowest BCUT2D eigenvalue weighted by Crippen LogP contribution is -2.34. The fraction of sp³-hybridized carbons (Fsp3) is 0.118. The molecule has 1 aliphatic rings. The molecule has 0 bridgehead atoms. The van der Waals surface area contributed by atoms with E-state index in [0.717, 1.165) is 11.0 Å². The number of carbonyl (C=O) groups excluding carboxylic acids is 3. The minimum atomic E-state index is -0.619. The van der Waals surface area contributed by atoms with E-state index in [1.165, 1.54) is 19.1 Å². The van der Waals surface area contributed by atoms with Gasteiger partial charge < -0.3 is 5.32 Å². The van der Waals surface area contributed by atoms with Gasteiger partial charge in [-0.1, -0.05) is 12.1 Å². The molecule has 1 aliphatic heterocycles. The van der Waals surface area contributed by atoms with E-state index in [2.05, 4.69) is 5.32 Å². The Morgan fingerprint density at radius 2 is 1.84 bits per heavy atom. The highest BCUT2D eigenvalue weighted by Gasteiger charge is 2.36. The minimum Gasteiger partial charge on any atom is -0.367 e. The third kappa shape index (κ3) is 2.97. The molecule has 0 aromatic heterocycles. The maximum absolute atomic E-state index is 12.4. The van der Waals surface area contributed by atoms with Crippen LogP contribution in [0.1, 0.15) is 38.0 Å². The zero-order valence-electron chi connectivity index (χ0n) is 13.2. The molecule has 2 amide bonds. The zero-order chi connectivity index (χ0) is 18.1. The van der Waals surface area contributed by atoms with Gasteiger partial charge in [-0.3, -0.25) is 29.4 Å². The van der Waals surface area contributed by atoms with Crippen LogP contribution in [0.15, 0.2) is 42.5 Å². The Morgan fingerprint density at radius 1 is 1.12 bits per heavy atom. The van der Waals surface area contributed by atoms with Crippen molar-refractivity contribution in [2.75, 3.05) is 12.0 Å². The van der Waals surface area contributed by atoms with Gasteiger partial charge in [0, 0.05) is 23.4 Å². The third-order valence-corrected chi connectivity index (χ3v) is 3.88. The van der Waals surface area contributed by atoms with E-state index in [-0.39, 0.29) is 29.3 Å². The minimum absolute atomic E-state index is 0.0125. The third-order valence-electron chi connectivity index (χ3n) is 3.88. The number of imide groups is 1. The number of benzene rings is 2. The van der Waals surface area contributed by atoms with Crippen LogP contribution in [0.3, 0.4) is 0 Å². The molecule has 0 aliphatic carbocycles. The van der Waals surface area contributed by atoms with E-state index < -0.39 is 16.7 Å². The fourth-order valence-electron chi connectivity index (χ4n) is 2.55. The van der Waals surface area contributed by atoms with Crippen molar-refractivity contribution >= 4 is 29.0 Å². The number of rotatable bonds is 5. The molecule has 0 unspecified atom stereocenters. The van der Waals surface area contributed by atoms with Gasteiger partial charge in [-0.2, -0.15) is 0 Å². The van der Waals surface area contributed by atoms with Crippen molar-refractivity contribution in [2.45, 2.75) is 6.92 Å². The van der Waals surface area contributed by atoms with Crippen LogP contribution in [-0.2, 0) is 0 Å². The van der Waals surface area contributed by atoms with Crippen LogP contribution < -0.4 is 5.32 Å². The van der Waals surface area contributed by atoms with Gasteiger partial charge in [0.1, 0.15) is 0 Å². The standard InChI is InChI=1S/C17H13N3O5/c1-10(21)11-3-2-4-12(7-11)18-9-19-16(22)14-6-5-13(20(24)25)8-15(14)17(19)23/h2-8,18H,9H2,1H3. The summed E-state index contributed by atoms with van der Waals surface area (Å²) in [7, 11) is 0. The molecule has 2 aromatic carbocycles. The number of nitro benzene ring substituents is 1. The van der Waals surface area contributed by atoms with E-state index in [1.54, 1.807) is 24.3 Å². The maximum Gasteiger partial charge on any atom is 0.270 e. The van der Waals surface area contributed by atoms with Crippen molar-refractivity contribution in [3.05, 3.63) is 69.3 Å². The normalized spacial score (nSPS) is 12.9. The summed E-state index contributed by atoms with van der Waals surface area (Å²) in [6.45, 7) is 1.33. The van der Waals surface area contributed by atoms with E-state index in [4.69, 9.17) is 0 Å². The van der Waals surface area contributed by atoms with Gasteiger partial charge in [0.05, 0.1) is 22.7 Å². The molecule has 126 valence electrons. The summed E-state index contributed by atoms with van der Waals surface area (Å²) in [5.74, 6) is -1.22. The maximum atomic E-state index is 12.4. The Morgan fingerprint density at radius 3 is 2.52 bits per heavy atom. The Labute approximate surface area is 142 Å². The van der Waals surface area contributed by atoms with Crippen molar-refractivity contribution in [1.29, 1.82) is 0 Å². The van der Waals surface area contributed by atoms with Crippen molar-refractivity contribution < 1.29 is 19.3 Å². The molecule has 1 N–H and O–H groups in total. The summed E-state index contributed by atoms with van der Waals surface area (Å²) in [5, 5.41) is 13.7. The first-order chi connectivity index (χ1) is 11.9. The Hall–Kier alpha value is -3.55. The molecular formula is C17H13N3O5. The lowest BCUT2D eigenvalue weighted by Gasteiger charge is -2.15. The van der Waals surface area contributed by atoms with Crippen LogP contribution in [0.5, 0.6) is 0 Å². The number of nitro groups is 1. The topological polar surface area (TPSA) is 110 Å². The van der Waals surface area contributed by atoms with E-state index in [9.17, 15) is 24.5 Å². The average molecular weight is 339 g/mol. The van der Waals surface area contributed by atoms with Gasteiger partial charge in [0.25, 0.3) is 17.5 Å². The van der Waals surface area contributed by atoms with E-state index in [0.29, 0.717) is 11.3 Å². The average Bonchev–Trinajstić information content (AvgIpc) is 2.83. The van der Waals surface area contributed by atoms with Gasteiger partial charge in [-0.25, -0.2) is 0 Å². The molecule has 0 radical (unpaired) electrons. The zero-order valence-corrected chi connectivity index (χ0v) is 13.2. The molecule has 3 rings (SSSR count). The summed E-state index contributed by atoms with van der Waals surface area (Å²) in [6, 6.07) is 10.2. The molecule has 0 fully saturated rings. The first kappa shape index (κ1) is 16.3. The van der Waals surface area contributed by atoms with Crippen LogP contribution in [0.2, 0.25) is 0 Å². The number of non-ortho nitro benzene ring substituents is 1. The molecule has 8 heteroatoms. The number of hydrogen-bond acceptors (Lipinski definition) is 6. The molecule has 0 atom stereocenters. The Kier molecular flexibility index (Phi) is 4.02. The predicted molar refractivity (Wildman–Crippen MR) is 88.5 cm³/mol. The van der Waals surface area contributed by atoms with Crippen molar-refractivity contribution in [1.82, 2.24) is 4.90 Å². The SMILES string of the molecule is CC(=O)c1cccc(NCN2C(=O)c3ccc([N+](=O)[O-])cc3C2=O)c1. The number of amides is 2. The lowest BCUT2D eigenvalue weighted by atomic mass is 10.1. The van der Waals surface area contributed by atoms with Crippen molar-refractivity contribution in [2.24, 2.45) is 0 Å². The second-order valence-electron chi connectivity index (χ2n) is 5.50. The number of nitrogens with zero attached hydrogens (tertiary/aromatic N) is 2. The lowest BCUT2D eigenvalue weighted by molar-refractivity contribution is -0.384. The van der Waals surface area contributed by atoms with E-state index >= 15 is 0 Å². The molecule has 1 heterocycles. The highest BCUT2D eigenvalue weighted by molar-refractivity contribution is 6.21. The van der Waals surface area contributed by atoms with E-state index in [1.807, 2.05) is 0 Å². The Bertz CT molecular complexity index is 922. The number of carbonyl (C=O) groups is 3. The number of nitrogens with one attached hydrogen (secondary N) is 1. The molecule has 8 nitrogen and oxygen atoms in total. The highest BCUT2D eigenvalue weighted by atomic mass is 16.6. The largest absolute Gasteiger partial charge is 0.367 e. The van der Waals surface area contributed by atoms with Gasteiger partial charge in [-0.15, -0.1) is 0 Å². The van der Waals surface area contributed by atoms with Gasteiger partial charge in [0.15, 0.2) is 5.78 Å². The number of ketones is 1. The van der Waals surface area contributed by atoms with Crippen LogP contribution in [0.4, 0.5) is 11.4 Å². The molecular weight excluding hydrogens is 326 g/mol. The van der Waals surface area contributed by atoms with Crippen LogP contribution in [0, 0.1) is 10.1 Å². The van der Waals surface area contributed by atoms with Crippen LogP contribution >= 0.6 is 0 Å². The number of fused-ring (bicyclic) bond motifs is 1. The molecule has 0 saturated heterocycles. The van der Waals surface area contributed by atoms with Gasteiger partial charge in [-0.05, 0) is 25.1 Å². The number of Topliss-reactive ketones (excluding diaryl/α,β-unsaturated/α-hetero) is 1. The van der Waals surface area contributed by atoms with Crippen molar-refractivity contribution in [3.8, 4) is 0 Å². The molecule has 0 spiro atoms. The van der Waals surface area contributed by atoms with Crippen molar-refractivity contribution in [3.63, 3.8) is 0 Å². The summed E-state index contributed by atoms with van der Waals surface area (Å²) in [6.07, 6.45) is 0. The van der Waals surface area contributed by atoms with Crippen LogP contribution in [-0.4, -0.2) is 34.1 Å². The summed E-state index contributed by atoms with van der Waals surface area (Å²) in [4.78, 5) is 47.3. The monoisotopic (exact) mass is 339 g/mol.